The first-order chi connectivity index (χ1) is 15.4. The van der Waals surface area contributed by atoms with Gasteiger partial charge in [0, 0.05) is 45.7 Å². The largest absolute Gasteiger partial charge is 0.341 e. The number of urea groups is 1. The molecule has 1 aromatic heterocycles. The van der Waals surface area contributed by atoms with Gasteiger partial charge in [-0.1, -0.05) is 27.5 Å². The molecule has 5 rings (SSSR count). The number of nitrogens with one attached hydrogen (secondary N) is 2. The molecule has 1 aliphatic carbocycles. The third-order valence-electron chi connectivity index (χ3n) is 6.81. The van der Waals surface area contributed by atoms with Gasteiger partial charge in [-0.2, -0.15) is 0 Å². The Kier molecular flexibility index (Phi) is 6.20. The first-order valence-electron chi connectivity index (χ1n) is 10.9. The molecule has 0 spiro atoms. The summed E-state index contributed by atoms with van der Waals surface area (Å²) in [4.78, 5) is 31.0. The van der Waals surface area contributed by atoms with Crippen molar-refractivity contribution in [2.45, 2.75) is 37.6 Å². The molecule has 0 bridgehead atoms. The lowest BCUT2D eigenvalue weighted by Crippen LogP contribution is -2.49. The molecule has 168 valence electrons. The monoisotopic (exact) mass is 580 g/mol. The molecule has 2 N–H and O–H groups in total. The topological polar surface area (TPSA) is 74.3 Å². The van der Waals surface area contributed by atoms with Crippen LogP contribution in [0.3, 0.4) is 0 Å². The second kappa shape index (κ2) is 8.95. The van der Waals surface area contributed by atoms with Crippen LogP contribution in [0.4, 0.5) is 4.79 Å². The lowest BCUT2D eigenvalue weighted by molar-refractivity contribution is -0.134. The zero-order valence-electron chi connectivity index (χ0n) is 17.3. The van der Waals surface area contributed by atoms with Crippen LogP contribution in [-0.4, -0.2) is 47.5 Å². The molecule has 0 saturated carbocycles. The first-order valence-corrected chi connectivity index (χ1v) is 12.8. The van der Waals surface area contributed by atoms with Gasteiger partial charge in [0.15, 0.2) is 0 Å². The van der Waals surface area contributed by atoms with Crippen molar-refractivity contribution in [1.29, 1.82) is 0 Å². The third-order valence-corrected chi connectivity index (χ3v) is 8.12. The average molecular weight is 583 g/mol. The summed E-state index contributed by atoms with van der Waals surface area (Å²) in [6, 6.07) is 5.51. The van der Waals surface area contributed by atoms with Crippen LogP contribution < -0.4 is 10.6 Å². The molecular weight excluding hydrogens is 560 g/mol. The van der Waals surface area contributed by atoms with E-state index >= 15 is 0 Å². The molecule has 2 saturated heterocycles. The number of pyridine rings is 1. The van der Waals surface area contributed by atoms with Crippen LogP contribution in [0.25, 0.3) is 0 Å². The molecule has 1 unspecified atom stereocenters. The average Bonchev–Trinajstić information content (AvgIpc) is 3.14. The Hall–Kier alpha value is -1.64. The van der Waals surface area contributed by atoms with Crippen LogP contribution in [0.5, 0.6) is 0 Å². The number of hydrogen-bond donors (Lipinski definition) is 2. The van der Waals surface area contributed by atoms with Crippen LogP contribution in [0.2, 0.25) is 5.02 Å². The summed E-state index contributed by atoms with van der Waals surface area (Å²) in [7, 11) is 0. The van der Waals surface area contributed by atoms with Gasteiger partial charge in [0.1, 0.15) is 6.04 Å². The SMILES string of the molecule is O=C1NCC(C(=O)N2CCC([C@H]3c4ncc(Br)cc4CCc4cc(Cl)cc(Br)c43)CC2)N1. The van der Waals surface area contributed by atoms with Gasteiger partial charge in [-0.05, 0) is 82.4 Å². The van der Waals surface area contributed by atoms with Gasteiger partial charge in [-0.3, -0.25) is 9.78 Å². The number of aryl methyl sites for hydroxylation is 2. The minimum absolute atomic E-state index is 0.00140. The minimum atomic E-state index is -0.464. The fraction of sp³-hybridized carbons (Fsp3) is 0.435. The Labute approximate surface area is 208 Å². The molecule has 9 heteroatoms. The predicted octanol–water partition coefficient (Wildman–Crippen LogP) is 4.41. The normalized spacial score (nSPS) is 23.1. The van der Waals surface area contributed by atoms with Crippen molar-refractivity contribution in [3.8, 4) is 0 Å². The van der Waals surface area contributed by atoms with Gasteiger partial charge >= 0.3 is 6.03 Å². The number of fused-ring (bicyclic) bond motifs is 2. The predicted molar refractivity (Wildman–Crippen MR) is 130 cm³/mol. The molecule has 0 radical (unpaired) electrons. The fourth-order valence-electron chi connectivity index (χ4n) is 5.31. The molecule has 2 fully saturated rings. The second-order valence-electron chi connectivity index (χ2n) is 8.71. The van der Waals surface area contributed by atoms with Crippen molar-refractivity contribution in [2.75, 3.05) is 19.6 Å². The van der Waals surface area contributed by atoms with Crippen LogP contribution in [0, 0.1) is 5.92 Å². The van der Waals surface area contributed by atoms with Crippen molar-refractivity contribution < 1.29 is 9.59 Å². The smallest absolute Gasteiger partial charge is 0.315 e. The van der Waals surface area contributed by atoms with E-state index in [1.54, 1.807) is 0 Å². The molecule has 2 aliphatic heterocycles. The van der Waals surface area contributed by atoms with Crippen LogP contribution in [0.1, 0.15) is 41.1 Å². The zero-order chi connectivity index (χ0) is 22.4. The van der Waals surface area contributed by atoms with Crippen molar-refractivity contribution >= 4 is 55.4 Å². The van der Waals surface area contributed by atoms with E-state index in [4.69, 9.17) is 16.6 Å². The van der Waals surface area contributed by atoms with Gasteiger partial charge in [-0.15, -0.1) is 0 Å². The number of amides is 3. The number of aromatic nitrogens is 1. The molecule has 2 atom stereocenters. The summed E-state index contributed by atoms with van der Waals surface area (Å²) in [5, 5.41) is 6.11. The number of hydrogen-bond acceptors (Lipinski definition) is 3. The van der Waals surface area contributed by atoms with E-state index in [-0.39, 0.29) is 17.9 Å². The molecule has 1 aromatic carbocycles. The van der Waals surface area contributed by atoms with Gasteiger partial charge in [-0.25, -0.2) is 4.79 Å². The van der Waals surface area contributed by atoms with Crippen molar-refractivity contribution in [1.82, 2.24) is 20.5 Å². The number of piperidine rings is 1. The molecule has 3 aliphatic rings. The highest BCUT2D eigenvalue weighted by atomic mass is 79.9. The number of benzene rings is 1. The highest BCUT2D eigenvalue weighted by Gasteiger charge is 2.38. The van der Waals surface area contributed by atoms with Crippen LogP contribution in [0.15, 0.2) is 33.3 Å². The standard InChI is InChI=1S/C23H23Br2ClN4O2/c24-15-7-14-2-1-13-8-16(26)9-17(25)19(13)20(21(14)27-10-15)12-3-5-30(6-4-12)22(31)18-11-28-23(32)29-18/h7-10,12,18,20H,1-6,11H2,(H2,28,29,32)/t18?,20-/m1/s1. The lowest BCUT2D eigenvalue weighted by atomic mass is 9.76. The quantitative estimate of drug-likeness (QED) is 0.551. The van der Waals surface area contributed by atoms with E-state index in [9.17, 15) is 9.59 Å². The highest BCUT2D eigenvalue weighted by molar-refractivity contribution is 9.10. The van der Waals surface area contributed by atoms with Gasteiger partial charge in [0.2, 0.25) is 5.91 Å². The Balaban J connectivity index is 1.44. The number of nitrogens with zero attached hydrogens (tertiary/aromatic N) is 2. The van der Waals surface area contributed by atoms with Gasteiger partial charge in [0.05, 0.1) is 5.69 Å². The number of likely N-dealkylation sites (tertiary alicyclic amines) is 1. The highest BCUT2D eigenvalue weighted by Crippen LogP contribution is 2.46. The van der Waals surface area contributed by atoms with E-state index in [0.29, 0.717) is 25.6 Å². The van der Waals surface area contributed by atoms with E-state index in [0.717, 1.165) is 45.3 Å². The maximum atomic E-state index is 12.8. The van der Waals surface area contributed by atoms with Crippen molar-refractivity contribution in [3.63, 3.8) is 0 Å². The lowest BCUT2D eigenvalue weighted by Gasteiger charge is -2.37. The van der Waals surface area contributed by atoms with E-state index < -0.39 is 6.04 Å². The number of carbonyl (C=O) groups is 2. The number of carbonyl (C=O) groups excluding carboxylic acids is 2. The minimum Gasteiger partial charge on any atom is -0.341 e. The maximum absolute atomic E-state index is 12.8. The molecule has 2 aromatic rings. The van der Waals surface area contributed by atoms with Crippen molar-refractivity contribution in [2.24, 2.45) is 5.92 Å². The summed E-state index contributed by atoms with van der Waals surface area (Å²) >= 11 is 13.8. The summed E-state index contributed by atoms with van der Waals surface area (Å²) in [6.07, 6.45) is 5.49. The van der Waals surface area contributed by atoms with Crippen LogP contribution in [-0.2, 0) is 17.6 Å². The summed E-state index contributed by atoms with van der Waals surface area (Å²) in [5.74, 6) is 0.503. The van der Waals surface area contributed by atoms with Crippen molar-refractivity contribution in [3.05, 3.63) is 60.7 Å². The Morgan fingerprint density at radius 2 is 1.88 bits per heavy atom. The van der Waals surface area contributed by atoms with Gasteiger partial charge in [0.25, 0.3) is 0 Å². The Bertz CT molecular complexity index is 1090. The fourth-order valence-corrected chi connectivity index (χ4v) is 6.81. The maximum Gasteiger partial charge on any atom is 0.315 e. The molecule has 32 heavy (non-hydrogen) atoms. The third kappa shape index (κ3) is 4.17. The Morgan fingerprint density at radius 1 is 1.12 bits per heavy atom. The summed E-state index contributed by atoms with van der Waals surface area (Å²) < 4.78 is 2.02. The van der Waals surface area contributed by atoms with Gasteiger partial charge < -0.3 is 15.5 Å². The van der Waals surface area contributed by atoms with E-state index in [1.165, 1.54) is 16.7 Å². The zero-order valence-corrected chi connectivity index (χ0v) is 21.3. The summed E-state index contributed by atoms with van der Waals surface area (Å²) in [6.45, 7) is 1.71. The number of rotatable bonds is 2. The first kappa shape index (κ1) is 22.2. The molecule has 3 amide bonds. The molecule has 6 nitrogen and oxygen atoms in total. The van der Waals surface area contributed by atoms with E-state index in [1.807, 2.05) is 17.2 Å². The van der Waals surface area contributed by atoms with E-state index in [2.05, 4.69) is 54.6 Å². The molecule has 3 heterocycles. The second-order valence-corrected chi connectivity index (χ2v) is 10.9. The van der Waals surface area contributed by atoms with Crippen LogP contribution >= 0.6 is 43.5 Å². The number of halogens is 3. The molecular formula is C23H23Br2ClN4O2. The summed E-state index contributed by atoms with van der Waals surface area (Å²) in [5.41, 5.74) is 4.94. The Morgan fingerprint density at radius 3 is 2.59 bits per heavy atom.